The second-order valence-corrected chi connectivity index (χ2v) is 7.57. The lowest BCUT2D eigenvalue weighted by molar-refractivity contribution is -0.123. The van der Waals surface area contributed by atoms with Crippen molar-refractivity contribution in [3.05, 3.63) is 46.7 Å². The number of benzene rings is 1. The van der Waals surface area contributed by atoms with E-state index in [0.29, 0.717) is 17.4 Å². The number of methoxy groups -OCH3 is 1. The summed E-state index contributed by atoms with van der Waals surface area (Å²) in [5.74, 6) is 1.69. The molecule has 0 radical (unpaired) electrons. The molecule has 0 atom stereocenters. The first kappa shape index (κ1) is 18.7. The summed E-state index contributed by atoms with van der Waals surface area (Å²) >= 11 is 1.82. The lowest BCUT2D eigenvalue weighted by Crippen LogP contribution is -2.39. The van der Waals surface area contributed by atoms with Crippen molar-refractivity contribution in [2.75, 3.05) is 33.4 Å². The van der Waals surface area contributed by atoms with Crippen LogP contribution < -0.4 is 14.8 Å². The van der Waals surface area contributed by atoms with E-state index in [1.807, 2.05) is 29.5 Å². The Morgan fingerprint density at radius 3 is 2.65 bits per heavy atom. The molecule has 1 N–H and O–H groups in total. The summed E-state index contributed by atoms with van der Waals surface area (Å²) in [7, 11) is 1.59. The molecule has 0 spiro atoms. The van der Waals surface area contributed by atoms with Gasteiger partial charge in [0.15, 0.2) is 18.1 Å². The maximum absolute atomic E-state index is 12.0. The van der Waals surface area contributed by atoms with Gasteiger partial charge in [-0.3, -0.25) is 9.69 Å². The monoisotopic (exact) mass is 374 g/mol. The number of hydrogen-bond donors (Lipinski definition) is 1. The van der Waals surface area contributed by atoms with Gasteiger partial charge in [0, 0.05) is 18.0 Å². The van der Waals surface area contributed by atoms with E-state index in [2.05, 4.69) is 27.7 Å². The highest BCUT2D eigenvalue weighted by Gasteiger charge is 2.20. The molecular weight excluding hydrogens is 348 g/mol. The third-order valence-corrected chi connectivity index (χ3v) is 5.54. The van der Waals surface area contributed by atoms with Crippen molar-refractivity contribution in [1.29, 1.82) is 0 Å². The number of rotatable bonds is 8. The summed E-state index contributed by atoms with van der Waals surface area (Å²) < 4.78 is 10.8. The molecule has 0 unspecified atom stereocenters. The number of amides is 1. The normalized spacial score (nSPS) is 15.6. The highest BCUT2D eigenvalue weighted by molar-refractivity contribution is 7.09. The van der Waals surface area contributed by atoms with Gasteiger partial charge in [-0.2, -0.15) is 0 Å². The Hall–Kier alpha value is -2.05. The summed E-state index contributed by atoms with van der Waals surface area (Å²) in [6, 6.07) is 11.6. The van der Waals surface area contributed by atoms with E-state index >= 15 is 0 Å². The Morgan fingerprint density at radius 2 is 1.96 bits per heavy atom. The Labute approximate surface area is 158 Å². The average Bonchev–Trinajstić information content (AvgIpc) is 3.19. The zero-order valence-electron chi connectivity index (χ0n) is 15.1. The zero-order valence-corrected chi connectivity index (χ0v) is 16.0. The molecular formula is C20H26N2O3S. The van der Waals surface area contributed by atoms with Crippen LogP contribution >= 0.6 is 11.3 Å². The Balaban J connectivity index is 1.34. The van der Waals surface area contributed by atoms with Crippen LogP contribution in [0.2, 0.25) is 0 Å². The fourth-order valence-electron chi connectivity index (χ4n) is 3.16. The number of carbonyl (C=O) groups excluding carboxylic acids is 1. The van der Waals surface area contributed by atoms with E-state index in [1.54, 1.807) is 13.2 Å². The standard InChI is InChI=1S/C20H26N2O3S/c1-24-18-6-2-3-7-19(18)25-15-20(23)21-13-16-8-10-22(11-9-16)14-17-5-4-12-26-17/h2-7,12,16H,8-11,13-15H2,1H3,(H,21,23). The minimum absolute atomic E-state index is 0.0115. The topological polar surface area (TPSA) is 50.8 Å². The first-order valence-corrected chi connectivity index (χ1v) is 9.90. The van der Waals surface area contributed by atoms with Gasteiger partial charge in [-0.05, 0) is 55.4 Å². The molecule has 1 aromatic carbocycles. The number of nitrogens with one attached hydrogen (secondary N) is 1. The first-order chi connectivity index (χ1) is 12.7. The van der Waals surface area contributed by atoms with E-state index in [4.69, 9.17) is 9.47 Å². The van der Waals surface area contributed by atoms with Crippen LogP contribution in [0.25, 0.3) is 0 Å². The Bertz CT molecular complexity index is 682. The Morgan fingerprint density at radius 1 is 1.19 bits per heavy atom. The minimum atomic E-state index is -0.0862. The van der Waals surface area contributed by atoms with Crippen molar-refractivity contribution < 1.29 is 14.3 Å². The fourth-order valence-corrected chi connectivity index (χ4v) is 3.91. The Kier molecular flexibility index (Phi) is 6.91. The molecule has 3 rings (SSSR count). The predicted molar refractivity (Wildman–Crippen MR) is 104 cm³/mol. The molecule has 1 amide bonds. The van der Waals surface area contributed by atoms with Crippen LogP contribution in [0.5, 0.6) is 11.5 Å². The van der Waals surface area contributed by atoms with Gasteiger partial charge in [0.2, 0.25) is 0 Å². The fraction of sp³-hybridized carbons (Fsp3) is 0.450. The summed E-state index contributed by atoms with van der Waals surface area (Å²) in [6.45, 7) is 3.97. The third-order valence-electron chi connectivity index (χ3n) is 4.68. The highest BCUT2D eigenvalue weighted by atomic mass is 32.1. The van der Waals surface area contributed by atoms with E-state index in [9.17, 15) is 4.79 Å². The molecule has 1 fully saturated rings. The van der Waals surface area contributed by atoms with Crippen molar-refractivity contribution >= 4 is 17.2 Å². The third kappa shape index (κ3) is 5.47. The number of para-hydroxylation sites is 2. The SMILES string of the molecule is COc1ccccc1OCC(=O)NCC1CCN(Cc2cccs2)CC1. The maximum atomic E-state index is 12.0. The van der Waals surface area contributed by atoms with E-state index in [-0.39, 0.29) is 12.5 Å². The van der Waals surface area contributed by atoms with Crippen LogP contribution in [-0.2, 0) is 11.3 Å². The van der Waals surface area contributed by atoms with Crippen LogP contribution in [0.3, 0.4) is 0 Å². The molecule has 1 saturated heterocycles. The quantitative estimate of drug-likeness (QED) is 0.771. The van der Waals surface area contributed by atoms with Gasteiger partial charge >= 0.3 is 0 Å². The maximum Gasteiger partial charge on any atom is 0.257 e. The van der Waals surface area contributed by atoms with Crippen molar-refractivity contribution in [1.82, 2.24) is 10.2 Å². The predicted octanol–water partition coefficient (Wildman–Crippen LogP) is 3.16. The van der Waals surface area contributed by atoms with Crippen molar-refractivity contribution in [2.45, 2.75) is 19.4 Å². The lowest BCUT2D eigenvalue weighted by atomic mass is 9.97. The number of carbonyl (C=O) groups is 1. The van der Waals surface area contributed by atoms with Crippen molar-refractivity contribution in [3.63, 3.8) is 0 Å². The van der Waals surface area contributed by atoms with Gasteiger partial charge in [0.25, 0.3) is 5.91 Å². The summed E-state index contributed by atoms with van der Waals surface area (Å²) in [6.07, 6.45) is 2.25. The molecule has 140 valence electrons. The number of nitrogens with zero attached hydrogens (tertiary/aromatic N) is 1. The molecule has 1 aliphatic heterocycles. The number of likely N-dealkylation sites (tertiary alicyclic amines) is 1. The van der Waals surface area contributed by atoms with Gasteiger partial charge in [0.1, 0.15) is 0 Å². The van der Waals surface area contributed by atoms with Gasteiger partial charge in [-0.1, -0.05) is 18.2 Å². The number of piperidine rings is 1. The van der Waals surface area contributed by atoms with E-state index in [1.165, 1.54) is 4.88 Å². The van der Waals surface area contributed by atoms with Crippen molar-refractivity contribution in [2.24, 2.45) is 5.92 Å². The average molecular weight is 375 g/mol. The van der Waals surface area contributed by atoms with Gasteiger partial charge < -0.3 is 14.8 Å². The van der Waals surface area contributed by atoms with Gasteiger partial charge in [-0.15, -0.1) is 11.3 Å². The lowest BCUT2D eigenvalue weighted by Gasteiger charge is -2.31. The molecule has 0 saturated carbocycles. The highest BCUT2D eigenvalue weighted by Crippen LogP contribution is 2.25. The molecule has 0 bridgehead atoms. The molecule has 2 heterocycles. The molecule has 6 heteroatoms. The van der Waals surface area contributed by atoms with Crippen LogP contribution in [-0.4, -0.2) is 44.2 Å². The van der Waals surface area contributed by atoms with Crippen LogP contribution in [0.15, 0.2) is 41.8 Å². The second-order valence-electron chi connectivity index (χ2n) is 6.54. The van der Waals surface area contributed by atoms with Crippen LogP contribution in [0, 0.1) is 5.92 Å². The summed E-state index contributed by atoms with van der Waals surface area (Å²) in [5.41, 5.74) is 0. The van der Waals surface area contributed by atoms with Crippen LogP contribution in [0.4, 0.5) is 0 Å². The van der Waals surface area contributed by atoms with Crippen molar-refractivity contribution in [3.8, 4) is 11.5 Å². The van der Waals surface area contributed by atoms with E-state index in [0.717, 1.165) is 39.0 Å². The number of ether oxygens (including phenoxy) is 2. The molecule has 5 nitrogen and oxygen atoms in total. The second kappa shape index (κ2) is 9.59. The molecule has 0 aliphatic carbocycles. The summed E-state index contributed by atoms with van der Waals surface area (Å²) in [4.78, 5) is 16.0. The number of hydrogen-bond acceptors (Lipinski definition) is 5. The molecule has 1 aromatic heterocycles. The molecule has 26 heavy (non-hydrogen) atoms. The largest absolute Gasteiger partial charge is 0.493 e. The minimum Gasteiger partial charge on any atom is -0.493 e. The zero-order chi connectivity index (χ0) is 18.2. The molecule has 1 aliphatic rings. The summed E-state index contributed by atoms with van der Waals surface area (Å²) in [5, 5.41) is 5.13. The number of thiophene rings is 1. The first-order valence-electron chi connectivity index (χ1n) is 9.02. The van der Waals surface area contributed by atoms with Gasteiger partial charge in [-0.25, -0.2) is 0 Å². The molecule has 2 aromatic rings. The smallest absolute Gasteiger partial charge is 0.257 e. The van der Waals surface area contributed by atoms with Gasteiger partial charge in [0.05, 0.1) is 7.11 Å². The van der Waals surface area contributed by atoms with E-state index < -0.39 is 0 Å². The van der Waals surface area contributed by atoms with Crippen LogP contribution in [0.1, 0.15) is 17.7 Å².